The van der Waals surface area contributed by atoms with Gasteiger partial charge in [-0.3, -0.25) is 0 Å². The van der Waals surface area contributed by atoms with Crippen molar-refractivity contribution in [1.29, 1.82) is 0 Å². The highest BCUT2D eigenvalue weighted by Gasteiger charge is 2.56. The molecule has 2 aliphatic heterocycles. The van der Waals surface area contributed by atoms with Gasteiger partial charge in [0.1, 0.15) is 0 Å². The smallest absolute Gasteiger partial charge is 0.0682 e. The zero-order chi connectivity index (χ0) is 33.1. The van der Waals surface area contributed by atoms with Crippen molar-refractivity contribution in [2.75, 3.05) is 0 Å². The number of benzene rings is 4. The largest absolute Gasteiger partial charge is 0.0930 e. The highest BCUT2D eigenvalue weighted by atomic mass is 28.3. The monoisotopic (exact) mass is 620 g/mol. The molecule has 2 atom stereocenters. The summed E-state index contributed by atoms with van der Waals surface area (Å²) in [5.41, 5.74) is 21.5. The Hall–Kier alpha value is -3.42. The molecule has 2 aliphatic carbocycles. The van der Waals surface area contributed by atoms with Crippen LogP contribution in [0.4, 0.5) is 0 Å². The van der Waals surface area contributed by atoms with Crippen LogP contribution in [-0.2, 0) is 10.8 Å². The van der Waals surface area contributed by atoms with Crippen molar-refractivity contribution in [3.05, 3.63) is 129 Å². The number of rotatable bonds is 4. The van der Waals surface area contributed by atoms with Crippen LogP contribution in [0.2, 0.25) is 13.1 Å². The van der Waals surface area contributed by atoms with E-state index in [0.717, 1.165) is 0 Å². The van der Waals surface area contributed by atoms with Gasteiger partial charge >= 0.3 is 0 Å². The molecule has 0 spiro atoms. The summed E-state index contributed by atoms with van der Waals surface area (Å²) in [5.74, 6) is 0.688. The molecule has 0 amide bonds. The van der Waals surface area contributed by atoms with Crippen molar-refractivity contribution in [2.24, 2.45) is 5.92 Å². The molecule has 2 unspecified atom stereocenters. The second-order valence-electron chi connectivity index (χ2n) is 17.3. The van der Waals surface area contributed by atoms with Gasteiger partial charge in [-0.15, -0.1) is 0 Å². The summed E-state index contributed by atoms with van der Waals surface area (Å²) < 4.78 is 0. The first-order chi connectivity index (χ1) is 21.5. The fourth-order valence-electron chi connectivity index (χ4n) is 9.48. The molecule has 0 saturated carbocycles. The van der Waals surface area contributed by atoms with E-state index in [1.54, 1.807) is 27.5 Å². The second-order valence-corrected chi connectivity index (χ2v) is 21.8. The summed E-state index contributed by atoms with van der Waals surface area (Å²) in [6, 6.07) is 31.1. The van der Waals surface area contributed by atoms with Gasteiger partial charge in [0, 0.05) is 11.5 Å². The van der Waals surface area contributed by atoms with Gasteiger partial charge in [-0.05, 0) is 97.4 Å². The molecule has 8 rings (SSSR count). The summed E-state index contributed by atoms with van der Waals surface area (Å²) in [7, 11) is -1.51. The van der Waals surface area contributed by atoms with E-state index < -0.39 is 8.07 Å². The van der Waals surface area contributed by atoms with Gasteiger partial charge in [0.15, 0.2) is 0 Å². The molecule has 0 N–H and O–H groups in total. The molecule has 0 aromatic heterocycles. The van der Waals surface area contributed by atoms with Gasteiger partial charge in [-0.1, -0.05) is 164 Å². The Balaban J connectivity index is 1.47. The third-order valence-corrected chi connectivity index (χ3v) is 15.7. The Morgan fingerprint density at radius 3 is 1.63 bits per heavy atom. The molecule has 236 valence electrons. The van der Waals surface area contributed by atoms with Crippen LogP contribution in [-0.4, -0.2) is 8.07 Å². The fourth-order valence-corrected chi connectivity index (χ4v) is 13.9. The predicted octanol–water partition coefficient (Wildman–Crippen LogP) is 12.9. The number of allylic oxidation sites excluding steroid dienone is 3. The molecule has 46 heavy (non-hydrogen) atoms. The first-order valence-corrected chi connectivity index (χ1v) is 20.6. The summed E-state index contributed by atoms with van der Waals surface area (Å²) in [5, 5.41) is 1.72. The molecule has 4 aromatic carbocycles. The lowest BCUT2D eigenvalue weighted by Crippen LogP contribution is -2.41. The normalized spacial score (nSPS) is 19.9. The molecule has 0 fully saturated rings. The van der Waals surface area contributed by atoms with E-state index in [-0.39, 0.29) is 16.7 Å². The Labute approximate surface area is 279 Å². The van der Waals surface area contributed by atoms with E-state index in [1.807, 2.05) is 0 Å². The topological polar surface area (TPSA) is 0 Å². The Morgan fingerprint density at radius 1 is 0.587 bits per heavy atom. The Kier molecular flexibility index (Phi) is 6.97. The van der Waals surface area contributed by atoms with E-state index >= 15 is 0 Å². The van der Waals surface area contributed by atoms with Crippen molar-refractivity contribution in [2.45, 2.75) is 105 Å². The summed E-state index contributed by atoms with van der Waals surface area (Å²) in [6.45, 7) is 28.6. The molecule has 0 radical (unpaired) electrons. The predicted molar refractivity (Wildman–Crippen MR) is 203 cm³/mol. The lowest BCUT2D eigenvalue weighted by Gasteiger charge is -2.39. The van der Waals surface area contributed by atoms with Gasteiger partial charge in [-0.25, -0.2) is 0 Å². The zero-order valence-electron chi connectivity index (χ0n) is 30.2. The lowest BCUT2D eigenvalue weighted by molar-refractivity contribution is 0.590. The molecule has 0 nitrogen and oxygen atoms in total. The SMILES string of the molecule is CC1=C(C(C)C)C(c2ccc3c(c2-c2ccc(C(C)(C)C)cc2)C2=C(C)C3[Si]2(C)C)c2cccc(-c3ccc(C(C)(C)C)cc3)c21. The maximum Gasteiger partial charge on any atom is 0.0930 e. The molecule has 4 aromatic rings. The minimum Gasteiger partial charge on any atom is -0.0682 e. The Bertz CT molecular complexity index is 1940. The highest BCUT2D eigenvalue weighted by Crippen LogP contribution is 2.65. The third-order valence-electron chi connectivity index (χ3n) is 11.6. The van der Waals surface area contributed by atoms with Crippen LogP contribution in [0.5, 0.6) is 0 Å². The zero-order valence-corrected chi connectivity index (χ0v) is 31.2. The van der Waals surface area contributed by atoms with Crippen LogP contribution in [0, 0.1) is 5.92 Å². The van der Waals surface area contributed by atoms with E-state index in [1.165, 1.54) is 55.6 Å². The highest BCUT2D eigenvalue weighted by molar-refractivity contribution is 7.01. The van der Waals surface area contributed by atoms with Crippen molar-refractivity contribution in [3.8, 4) is 22.3 Å². The van der Waals surface area contributed by atoms with Crippen molar-refractivity contribution in [1.82, 2.24) is 0 Å². The molecular formula is C45H52Si. The van der Waals surface area contributed by atoms with Crippen molar-refractivity contribution < 1.29 is 0 Å². The number of hydrogen-bond donors (Lipinski definition) is 0. The molecular weight excluding hydrogens is 569 g/mol. The summed E-state index contributed by atoms with van der Waals surface area (Å²) in [4.78, 5) is 0. The van der Waals surface area contributed by atoms with Gasteiger partial charge in [0.2, 0.25) is 0 Å². The van der Waals surface area contributed by atoms with Crippen LogP contribution in [0.15, 0.2) is 90.0 Å². The molecule has 1 heteroatoms. The number of hydrogen-bond acceptors (Lipinski definition) is 0. The molecule has 0 saturated heterocycles. The quantitative estimate of drug-likeness (QED) is 0.199. The third kappa shape index (κ3) is 4.44. The fraction of sp³-hybridized carbons (Fsp3) is 0.378. The van der Waals surface area contributed by atoms with Crippen LogP contribution in [0.25, 0.3) is 33.0 Å². The summed E-state index contributed by atoms with van der Waals surface area (Å²) in [6.07, 6.45) is 0. The van der Waals surface area contributed by atoms with Gasteiger partial charge in [0.05, 0.1) is 8.07 Å². The summed E-state index contributed by atoms with van der Waals surface area (Å²) >= 11 is 0. The van der Waals surface area contributed by atoms with E-state index in [2.05, 4.69) is 161 Å². The average Bonchev–Trinajstić information content (AvgIpc) is 3.57. The van der Waals surface area contributed by atoms with Crippen molar-refractivity contribution in [3.63, 3.8) is 0 Å². The first-order valence-electron chi connectivity index (χ1n) is 17.5. The van der Waals surface area contributed by atoms with Gasteiger partial charge in [-0.2, -0.15) is 0 Å². The minimum absolute atomic E-state index is 0.131. The van der Waals surface area contributed by atoms with Gasteiger partial charge < -0.3 is 0 Å². The lowest BCUT2D eigenvalue weighted by atomic mass is 9.77. The standard InChI is InChI=1S/C45H52Si/c1-26(2)37-27(3)38-33(29-16-20-31(21-17-29)44(5,6)7)14-13-15-34(38)40(37)35-24-25-36-41(43-28(4)42(36)46(43,11)12)39(35)30-18-22-32(23-19-30)45(8,9)10/h13-26,40,42H,1-12H3. The second kappa shape index (κ2) is 10.3. The van der Waals surface area contributed by atoms with E-state index in [0.29, 0.717) is 11.5 Å². The van der Waals surface area contributed by atoms with Gasteiger partial charge in [0.25, 0.3) is 0 Å². The minimum atomic E-state index is -1.51. The first kappa shape index (κ1) is 31.2. The molecule has 2 heterocycles. The van der Waals surface area contributed by atoms with E-state index in [9.17, 15) is 0 Å². The maximum atomic E-state index is 2.60. The Morgan fingerprint density at radius 2 is 1.11 bits per heavy atom. The average molecular weight is 621 g/mol. The molecule has 4 aliphatic rings. The van der Waals surface area contributed by atoms with Crippen LogP contribution in [0.1, 0.15) is 120 Å². The van der Waals surface area contributed by atoms with Crippen LogP contribution >= 0.6 is 0 Å². The van der Waals surface area contributed by atoms with Crippen molar-refractivity contribution >= 4 is 18.8 Å². The van der Waals surface area contributed by atoms with Crippen LogP contribution < -0.4 is 0 Å². The van der Waals surface area contributed by atoms with E-state index in [4.69, 9.17) is 0 Å². The molecule has 2 bridgehead atoms. The maximum absolute atomic E-state index is 2.60. The number of fused-ring (bicyclic) bond motifs is 1. The van der Waals surface area contributed by atoms with Crippen LogP contribution in [0.3, 0.4) is 0 Å².